The van der Waals surface area contributed by atoms with Crippen LogP contribution in [-0.2, 0) is 11.2 Å². The lowest BCUT2D eigenvalue weighted by Gasteiger charge is -2.23. The fourth-order valence-corrected chi connectivity index (χ4v) is 3.82. The van der Waals surface area contributed by atoms with Crippen molar-refractivity contribution in [1.82, 2.24) is 15.5 Å². The fourth-order valence-electron chi connectivity index (χ4n) is 3.82. The molecule has 2 fully saturated rings. The first-order chi connectivity index (χ1) is 9.27. The van der Waals surface area contributed by atoms with Gasteiger partial charge in [-0.05, 0) is 37.5 Å². The van der Waals surface area contributed by atoms with Crippen molar-refractivity contribution in [2.75, 3.05) is 5.32 Å². The molecule has 102 valence electrons. The molecule has 2 saturated carbocycles. The zero-order valence-electron chi connectivity index (χ0n) is 11.0. The van der Waals surface area contributed by atoms with Crippen LogP contribution in [0.2, 0.25) is 0 Å². The lowest BCUT2D eigenvalue weighted by atomic mass is 10.0. The van der Waals surface area contributed by atoms with Crippen LogP contribution in [0.3, 0.4) is 0 Å². The van der Waals surface area contributed by atoms with E-state index in [2.05, 4.69) is 20.8 Å². The van der Waals surface area contributed by atoms with Crippen LogP contribution in [0.15, 0.2) is 6.20 Å². The summed E-state index contributed by atoms with van der Waals surface area (Å²) in [5.74, 6) is 1.08. The van der Waals surface area contributed by atoms with Crippen LogP contribution in [-0.4, -0.2) is 28.2 Å². The summed E-state index contributed by atoms with van der Waals surface area (Å²) < 4.78 is 0. The highest BCUT2D eigenvalue weighted by Gasteiger charge is 2.55. The molecule has 2 atom stereocenters. The Balaban J connectivity index is 1.37. The number of rotatable bonds is 2. The van der Waals surface area contributed by atoms with E-state index in [-0.39, 0.29) is 11.9 Å². The summed E-state index contributed by atoms with van der Waals surface area (Å²) in [5.41, 5.74) is 1.66. The molecule has 0 bridgehead atoms. The normalized spacial score (nSPS) is 30.7. The predicted molar refractivity (Wildman–Crippen MR) is 71.8 cm³/mol. The smallest absolute Gasteiger partial charge is 0.242 e. The number of H-pyrrole nitrogens is 1. The molecule has 5 nitrogen and oxygen atoms in total. The molecule has 0 radical (unpaired) electrons. The molecule has 1 aromatic rings. The van der Waals surface area contributed by atoms with Crippen molar-refractivity contribution >= 4 is 11.7 Å². The second kappa shape index (κ2) is 3.99. The average molecular weight is 260 g/mol. The van der Waals surface area contributed by atoms with Crippen LogP contribution < -0.4 is 10.6 Å². The van der Waals surface area contributed by atoms with Crippen LogP contribution in [0.1, 0.15) is 44.1 Å². The lowest BCUT2D eigenvalue weighted by Crippen LogP contribution is -2.43. The number of aromatic nitrogens is 2. The summed E-state index contributed by atoms with van der Waals surface area (Å²) in [7, 11) is 0. The van der Waals surface area contributed by atoms with Crippen molar-refractivity contribution in [3.05, 3.63) is 11.8 Å². The fraction of sp³-hybridized carbons (Fsp3) is 0.714. The molecular weight excluding hydrogens is 240 g/mol. The maximum Gasteiger partial charge on any atom is 0.242 e. The molecule has 4 rings (SSSR count). The van der Waals surface area contributed by atoms with Crippen LogP contribution in [0.4, 0.5) is 5.82 Å². The minimum atomic E-state index is -0.105. The van der Waals surface area contributed by atoms with Crippen molar-refractivity contribution < 1.29 is 4.79 Å². The van der Waals surface area contributed by atoms with Crippen LogP contribution in [0, 0.1) is 5.41 Å². The summed E-state index contributed by atoms with van der Waals surface area (Å²) in [5, 5.41) is 13.4. The molecule has 0 aromatic carbocycles. The van der Waals surface area contributed by atoms with Gasteiger partial charge in [0.15, 0.2) is 0 Å². The van der Waals surface area contributed by atoms with Gasteiger partial charge in [-0.25, -0.2) is 0 Å². The van der Waals surface area contributed by atoms with Crippen molar-refractivity contribution in [2.45, 2.75) is 57.0 Å². The van der Waals surface area contributed by atoms with Gasteiger partial charge in [0.25, 0.3) is 0 Å². The lowest BCUT2D eigenvalue weighted by molar-refractivity contribution is -0.122. The first-order valence-electron chi connectivity index (χ1n) is 7.36. The number of carbonyl (C=O) groups excluding carboxylic acids is 1. The second-order valence-electron chi connectivity index (χ2n) is 6.34. The number of fused-ring (bicyclic) bond motifs is 1. The Bertz CT molecular complexity index is 503. The number of amides is 1. The largest absolute Gasteiger partial charge is 0.359 e. The molecule has 0 saturated heterocycles. The van der Waals surface area contributed by atoms with Gasteiger partial charge in [0.2, 0.25) is 5.91 Å². The highest BCUT2D eigenvalue weighted by Crippen LogP contribution is 2.57. The van der Waals surface area contributed by atoms with Gasteiger partial charge < -0.3 is 10.6 Å². The van der Waals surface area contributed by atoms with E-state index in [0.29, 0.717) is 11.5 Å². The number of nitrogens with zero attached hydrogens (tertiary/aromatic N) is 1. The van der Waals surface area contributed by atoms with Crippen molar-refractivity contribution in [2.24, 2.45) is 5.41 Å². The zero-order valence-corrected chi connectivity index (χ0v) is 11.0. The van der Waals surface area contributed by atoms with Gasteiger partial charge in [-0.3, -0.25) is 9.89 Å². The predicted octanol–water partition coefficient (Wildman–Crippen LogP) is 1.59. The highest BCUT2D eigenvalue weighted by atomic mass is 16.2. The quantitative estimate of drug-likeness (QED) is 0.756. The van der Waals surface area contributed by atoms with E-state index in [1.165, 1.54) is 37.7 Å². The van der Waals surface area contributed by atoms with Gasteiger partial charge in [0.1, 0.15) is 11.9 Å². The molecule has 5 heteroatoms. The molecule has 3 aliphatic rings. The summed E-state index contributed by atoms with van der Waals surface area (Å²) in [6, 6.07) is 0.333. The highest BCUT2D eigenvalue weighted by molar-refractivity contribution is 5.85. The Morgan fingerprint density at radius 2 is 2.26 bits per heavy atom. The van der Waals surface area contributed by atoms with E-state index in [4.69, 9.17) is 0 Å². The maximum absolute atomic E-state index is 12.3. The first kappa shape index (κ1) is 11.3. The second-order valence-corrected chi connectivity index (χ2v) is 6.34. The maximum atomic E-state index is 12.3. The van der Waals surface area contributed by atoms with E-state index in [9.17, 15) is 4.79 Å². The third-order valence-electron chi connectivity index (χ3n) is 5.16. The Kier molecular flexibility index (Phi) is 2.37. The number of hydrogen-bond acceptors (Lipinski definition) is 3. The summed E-state index contributed by atoms with van der Waals surface area (Å²) >= 11 is 0. The number of nitrogens with one attached hydrogen (secondary N) is 3. The topological polar surface area (TPSA) is 69.8 Å². The van der Waals surface area contributed by atoms with Crippen molar-refractivity contribution in [3.8, 4) is 0 Å². The third kappa shape index (κ3) is 1.83. The molecule has 2 heterocycles. The number of hydrogen-bond donors (Lipinski definition) is 3. The summed E-state index contributed by atoms with van der Waals surface area (Å²) in [6.45, 7) is 0. The van der Waals surface area contributed by atoms with Gasteiger partial charge in [0.05, 0.1) is 6.20 Å². The molecular formula is C14H20N4O. The van der Waals surface area contributed by atoms with Gasteiger partial charge >= 0.3 is 0 Å². The van der Waals surface area contributed by atoms with Gasteiger partial charge in [0, 0.05) is 11.6 Å². The van der Waals surface area contributed by atoms with E-state index in [1.54, 1.807) is 0 Å². The zero-order chi connectivity index (χ0) is 12.9. The Morgan fingerprint density at radius 3 is 3.11 bits per heavy atom. The van der Waals surface area contributed by atoms with Crippen molar-refractivity contribution in [3.63, 3.8) is 0 Å². The van der Waals surface area contributed by atoms with Crippen LogP contribution in [0.25, 0.3) is 0 Å². The van der Waals surface area contributed by atoms with Gasteiger partial charge in [-0.1, -0.05) is 12.8 Å². The summed E-state index contributed by atoms with van der Waals surface area (Å²) in [6.07, 6.45) is 10.1. The molecule has 1 aromatic heterocycles. The average Bonchev–Trinajstić information content (AvgIpc) is 2.84. The molecule has 2 unspecified atom stereocenters. The Morgan fingerprint density at radius 1 is 1.42 bits per heavy atom. The number of aromatic amines is 1. The standard InChI is InChI=1S/C14H20N4O/c19-13(17-11-7-14(11)5-1-2-6-14)10-4-3-9-8-15-18-12(9)16-10/h8,10-11H,1-7H2,(H,17,19)(H2,15,16,18). The molecule has 1 spiro atoms. The van der Waals surface area contributed by atoms with Crippen molar-refractivity contribution in [1.29, 1.82) is 0 Å². The Hall–Kier alpha value is -1.52. The van der Waals surface area contributed by atoms with Gasteiger partial charge in [-0.15, -0.1) is 0 Å². The van der Waals surface area contributed by atoms with E-state index in [0.717, 1.165) is 18.7 Å². The molecule has 19 heavy (non-hydrogen) atoms. The number of carbonyl (C=O) groups is 1. The summed E-state index contributed by atoms with van der Waals surface area (Å²) in [4.78, 5) is 12.3. The third-order valence-corrected chi connectivity index (χ3v) is 5.16. The van der Waals surface area contributed by atoms with E-state index >= 15 is 0 Å². The van der Waals surface area contributed by atoms with Gasteiger partial charge in [-0.2, -0.15) is 5.10 Å². The van der Waals surface area contributed by atoms with Crippen LogP contribution >= 0.6 is 0 Å². The number of aryl methyl sites for hydroxylation is 1. The Labute approximate surface area is 112 Å². The molecule has 1 aliphatic heterocycles. The SMILES string of the molecule is O=C(NC1CC12CCCC2)C1CCc2cn[nH]c2N1. The van der Waals surface area contributed by atoms with E-state index in [1.807, 2.05) is 6.20 Å². The van der Waals surface area contributed by atoms with E-state index < -0.39 is 0 Å². The molecule has 1 amide bonds. The first-order valence-corrected chi connectivity index (χ1v) is 7.36. The number of anilines is 1. The monoisotopic (exact) mass is 260 g/mol. The molecule has 3 N–H and O–H groups in total. The minimum absolute atomic E-state index is 0.105. The minimum Gasteiger partial charge on any atom is -0.359 e. The molecule has 2 aliphatic carbocycles. The van der Waals surface area contributed by atoms with Crippen LogP contribution in [0.5, 0.6) is 0 Å².